The molecule has 23 heavy (non-hydrogen) atoms. The molecule has 2 aromatic carbocycles. The molecule has 0 unspecified atom stereocenters. The van der Waals surface area contributed by atoms with E-state index in [1.165, 1.54) is 0 Å². The summed E-state index contributed by atoms with van der Waals surface area (Å²) >= 11 is 12.0. The lowest BCUT2D eigenvalue weighted by Gasteiger charge is -2.06. The number of hydrogen-bond acceptors (Lipinski definition) is 2. The number of carbonyl (C=O) groups excluding carboxylic acids is 1. The highest BCUT2D eigenvalue weighted by atomic mass is 35.5. The quantitative estimate of drug-likeness (QED) is 0.675. The molecule has 112 valence electrons. The Morgan fingerprint density at radius 3 is 2.39 bits per heavy atom. The van der Waals surface area contributed by atoms with Crippen LogP contribution in [0.1, 0.15) is 21.5 Å². The Kier molecular flexibility index (Phi) is 4.20. The summed E-state index contributed by atoms with van der Waals surface area (Å²) in [5, 5.41) is 9.66. The average Bonchev–Trinajstić information content (AvgIpc) is 3.04. The summed E-state index contributed by atoms with van der Waals surface area (Å²) in [7, 11) is 0. The van der Waals surface area contributed by atoms with Gasteiger partial charge in [0.05, 0.1) is 16.7 Å². The number of nitriles is 1. The number of nitrogens with one attached hydrogen (secondary N) is 1. The van der Waals surface area contributed by atoms with Crippen molar-refractivity contribution in [3.63, 3.8) is 0 Å². The maximum absolute atomic E-state index is 12.8. The summed E-state index contributed by atoms with van der Waals surface area (Å²) in [5.74, 6) is -0.188. The second-order valence-corrected chi connectivity index (χ2v) is 5.77. The number of carbonyl (C=O) groups is 1. The van der Waals surface area contributed by atoms with Crippen LogP contribution >= 0.6 is 23.2 Å². The molecule has 0 aliphatic rings. The van der Waals surface area contributed by atoms with Gasteiger partial charge in [-0.05, 0) is 35.9 Å². The third-order valence-electron chi connectivity index (χ3n) is 3.49. The summed E-state index contributed by atoms with van der Waals surface area (Å²) in [6.07, 6.45) is 3.39. The number of halogens is 2. The topological polar surface area (TPSA) is 56.6 Å². The normalized spacial score (nSPS) is 10.3. The van der Waals surface area contributed by atoms with E-state index in [1.807, 2.05) is 12.1 Å². The molecule has 0 radical (unpaired) electrons. The van der Waals surface area contributed by atoms with Crippen molar-refractivity contribution in [1.29, 1.82) is 5.26 Å². The molecule has 0 spiro atoms. The van der Waals surface area contributed by atoms with Gasteiger partial charge in [-0.15, -0.1) is 0 Å². The molecule has 1 aromatic heterocycles. The van der Waals surface area contributed by atoms with E-state index in [0.717, 1.165) is 11.1 Å². The number of aromatic nitrogens is 1. The Morgan fingerprint density at radius 2 is 1.74 bits per heavy atom. The summed E-state index contributed by atoms with van der Waals surface area (Å²) in [5.41, 5.74) is 3.08. The molecule has 5 heteroatoms. The van der Waals surface area contributed by atoms with Crippen molar-refractivity contribution in [1.82, 2.24) is 4.98 Å². The fraction of sp³-hybridized carbons (Fsp3) is 0. The molecule has 0 aliphatic carbocycles. The Balaban J connectivity index is 2.03. The molecule has 0 saturated carbocycles. The van der Waals surface area contributed by atoms with Crippen molar-refractivity contribution in [3.05, 3.63) is 81.6 Å². The molecule has 3 rings (SSSR count). The summed E-state index contributed by atoms with van der Waals surface area (Å²) in [6.45, 7) is 0. The molecular weight excluding hydrogens is 331 g/mol. The van der Waals surface area contributed by atoms with E-state index in [-0.39, 0.29) is 5.78 Å². The molecule has 0 fully saturated rings. The van der Waals surface area contributed by atoms with Crippen LogP contribution in [0.15, 0.2) is 54.9 Å². The second kappa shape index (κ2) is 6.29. The van der Waals surface area contributed by atoms with Gasteiger partial charge in [-0.25, -0.2) is 0 Å². The predicted octanol–water partition coefficient (Wildman–Crippen LogP) is 5.09. The standard InChI is InChI=1S/C18H10Cl2N2O/c19-13-5-6-14(17(20)7-13)18(23)16-10-22-9-15(16)12-3-1-11(8-21)2-4-12/h1-7,9-10,22H. The lowest BCUT2D eigenvalue weighted by molar-refractivity contribution is 0.103. The summed E-state index contributed by atoms with van der Waals surface area (Å²) < 4.78 is 0. The number of nitrogens with zero attached hydrogens (tertiary/aromatic N) is 1. The highest BCUT2D eigenvalue weighted by Crippen LogP contribution is 2.29. The highest BCUT2D eigenvalue weighted by molar-refractivity contribution is 6.37. The Labute approximate surface area is 143 Å². The Morgan fingerprint density at radius 1 is 1.00 bits per heavy atom. The van der Waals surface area contributed by atoms with Gasteiger partial charge in [0.25, 0.3) is 0 Å². The lowest BCUT2D eigenvalue weighted by atomic mass is 9.97. The zero-order chi connectivity index (χ0) is 16.4. The van der Waals surface area contributed by atoms with Crippen molar-refractivity contribution in [2.45, 2.75) is 0 Å². The van der Waals surface area contributed by atoms with E-state index in [1.54, 1.807) is 42.7 Å². The summed E-state index contributed by atoms with van der Waals surface area (Å²) in [4.78, 5) is 15.7. The van der Waals surface area contributed by atoms with Crippen LogP contribution in [-0.2, 0) is 0 Å². The Hall–Kier alpha value is -2.54. The van der Waals surface area contributed by atoms with E-state index in [0.29, 0.717) is 26.7 Å². The van der Waals surface area contributed by atoms with E-state index >= 15 is 0 Å². The monoisotopic (exact) mass is 340 g/mol. The maximum atomic E-state index is 12.8. The van der Waals surface area contributed by atoms with Crippen LogP contribution in [0.2, 0.25) is 10.0 Å². The first-order chi connectivity index (χ1) is 11.1. The minimum atomic E-state index is -0.188. The molecule has 3 nitrogen and oxygen atoms in total. The molecule has 0 saturated heterocycles. The molecule has 1 N–H and O–H groups in total. The van der Waals surface area contributed by atoms with Gasteiger partial charge in [-0.2, -0.15) is 5.26 Å². The van der Waals surface area contributed by atoms with E-state index < -0.39 is 0 Å². The molecule has 0 amide bonds. The van der Waals surface area contributed by atoms with Gasteiger partial charge in [0.1, 0.15) is 0 Å². The van der Waals surface area contributed by atoms with Crippen LogP contribution < -0.4 is 0 Å². The predicted molar refractivity (Wildman–Crippen MR) is 90.8 cm³/mol. The van der Waals surface area contributed by atoms with Gasteiger partial charge >= 0.3 is 0 Å². The maximum Gasteiger partial charge on any atom is 0.196 e. The van der Waals surface area contributed by atoms with Crippen LogP contribution in [0.25, 0.3) is 11.1 Å². The van der Waals surface area contributed by atoms with Crippen molar-refractivity contribution < 1.29 is 4.79 Å². The molecule has 1 heterocycles. The fourth-order valence-corrected chi connectivity index (χ4v) is 2.83. The van der Waals surface area contributed by atoms with Crippen molar-refractivity contribution in [2.75, 3.05) is 0 Å². The molecule has 0 bridgehead atoms. The van der Waals surface area contributed by atoms with Crippen LogP contribution in [0.5, 0.6) is 0 Å². The van der Waals surface area contributed by atoms with Crippen molar-refractivity contribution in [2.24, 2.45) is 0 Å². The first kappa shape index (κ1) is 15.4. The zero-order valence-electron chi connectivity index (χ0n) is 11.8. The van der Waals surface area contributed by atoms with Gasteiger partial charge in [-0.3, -0.25) is 4.79 Å². The highest BCUT2D eigenvalue weighted by Gasteiger charge is 2.18. The number of benzene rings is 2. The van der Waals surface area contributed by atoms with Gasteiger partial charge in [0.15, 0.2) is 5.78 Å². The lowest BCUT2D eigenvalue weighted by Crippen LogP contribution is -2.02. The van der Waals surface area contributed by atoms with Gasteiger partial charge < -0.3 is 4.98 Å². The average molecular weight is 341 g/mol. The minimum Gasteiger partial charge on any atom is -0.366 e. The third kappa shape index (κ3) is 3.00. The van der Waals surface area contributed by atoms with Crippen molar-refractivity contribution in [3.8, 4) is 17.2 Å². The van der Waals surface area contributed by atoms with E-state index in [9.17, 15) is 4.79 Å². The van der Waals surface area contributed by atoms with Gasteiger partial charge in [0, 0.05) is 34.1 Å². The molecule has 0 aliphatic heterocycles. The SMILES string of the molecule is N#Cc1ccc(-c2c[nH]cc2C(=O)c2ccc(Cl)cc2Cl)cc1. The zero-order valence-corrected chi connectivity index (χ0v) is 13.3. The molecular formula is C18H10Cl2N2O. The molecule has 0 atom stereocenters. The number of aromatic amines is 1. The van der Waals surface area contributed by atoms with Crippen LogP contribution in [0.4, 0.5) is 0 Å². The summed E-state index contributed by atoms with van der Waals surface area (Å²) in [6, 6.07) is 13.9. The minimum absolute atomic E-state index is 0.188. The second-order valence-electron chi connectivity index (χ2n) is 4.93. The number of hydrogen-bond donors (Lipinski definition) is 1. The van der Waals surface area contributed by atoms with Crippen LogP contribution in [-0.4, -0.2) is 10.8 Å². The number of H-pyrrole nitrogens is 1. The van der Waals surface area contributed by atoms with Gasteiger partial charge in [-0.1, -0.05) is 35.3 Å². The van der Waals surface area contributed by atoms with Gasteiger partial charge in [0.2, 0.25) is 0 Å². The number of rotatable bonds is 3. The first-order valence-electron chi connectivity index (χ1n) is 6.77. The first-order valence-corrected chi connectivity index (χ1v) is 7.53. The van der Waals surface area contributed by atoms with Crippen molar-refractivity contribution >= 4 is 29.0 Å². The smallest absolute Gasteiger partial charge is 0.196 e. The van der Waals surface area contributed by atoms with E-state index in [4.69, 9.17) is 28.5 Å². The van der Waals surface area contributed by atoms with E-state index in [2.05, 4.69) is 11.1 Å². The number of ketones is 1. The van der Waals surface area contributed by atoms with Crippen LogP contribution in [0.3, 0.4) is 0 Å². The van der Waals surface area contributed by atoms with Crippen LogP contribution in [0, 0.1) is 11.3 Å². The largest absolute Gasteiger partial charge is 0.366 e. The Bertz CT molecular complexity index is 921. The fourth-order valence-electron chi connectivity index (χ4n) is 2.33. The third-order valence-corrected chi connectivity index (χ3v) is 4.04. The molecule has 3 aromatic rings.